The molecule has 0 radical (unpaired) electrons. The molecule has 0 atom stereocenters. The summed E-state index contributed by atoms with van der Waals surface area (Å²) in [6, 6.07) is 72.6. The first-order chi connectivity index (χ1) is 24.8. The fraction of sp³-hybridized carbons (Fsp3) is 0.0204. The molecule has 9 aromatic rings. The minimum atomic E-state index is 0.905. The van der Waals surface area contributed by atoms with E-state index in [4.69, 9.17) is 0 Å². The first-order valence-electron chi connectivity index (χ1n) is 17.3. The number of aromatic nitrogens is 1. The van der Waals surface area contributed by atoms with Crippen LogP contribution in [0.15, 0.2) is 200 Å². The number of rotatable bonds is 7. The normalized spacial score (nSPS) is 11.3. The van der Waals surface area contributed by atoms with Gasteiger partial charge in [-0.25, -0.2) is 0 Å². The number of nitrogens with zero attached hydrogens (tertiary/aromatic N) is 1. The molecule has 0 aliphatic carbocycles. The van der Waals surface area contributed by atoms with E-state index in [2.05, 4.69) is 205 Å². The Bertz CT molecular complexity index is 2580. The molecule has 8 aromatic carbocycles. The Morgan fingerprint density at radius 1 is 0.280 bits per heavy atom. The average molecular weight is 638 g/mol. The van der Waals surface area contributed by atoms with Crippen LogP contribution in [0, 0.1) is 0 Å². The predicted octanol–water partition coefficient (Wildman–Crippen LogP) is 13.0. The minimum absolute atomic E-state index is 0.905. The quantitative estimate of drug-likeness (QED) is 0.164. The average Bonchev–Trinajstić information content (AvgIpc) is 3.53. The van der Waals surface area contributed by atoms with Gasteiger partial charge in [-0.05, 0) is 98.5 Å². The Morgan fingerprint density at radius 2 is 0.760 bits per heavy atom. The molecule has 0 saturated carbocycles. The van der Waals surface area contributed by atoms with Crippen LogP contribution in [0.4, 0.5) is 0 Å². The maximum absolute atomic E-state index is 2.36. The van der Waals surface area contributed by atoms with Gasteiger partial charge < -0.3 is 4.57 Å². The van der Waals surface area contributed by atoms with Crippen molar-refractivity contribution in [1.29, 1.82) is 0 Å². The van der Waals surface area contributed by atoms with Gasteiger partial charge >= 0.3 is 0 Å². The van der Waals surface area contributed by atoms with Gasteiger partial charge in [-0.15, -0.1) is 0 Å². The minimum Gasteiger partial charge on any atom is -0.309 e. The summed E-state index contributed by atoms with van der Waals surface area (Å²) in [5, 5.41) is 2.54. The topological polar surface area (TPSA) is 4.93 Å². The molecule has 0 aliphatic heterocycles. The van der Waals surface area contributed by atoms with Gasteiger partial charge in [0.1, 0.15) is 0 Å². The molecule has 1 nitrogen and oxygen atoms in total. The number of fused-ring (bicyclic) bond motifs is 3. The Morgan fingerprint density at radius 3 is 1.50 bits per heavy atom. The summed E-state index contributed by atoms with van der Waals surface area (Å²) < 4.78 is 2.36. The van der Waals surface area contributed by atoms with Gasteiger partial charge in [0.2, 0.25) is 0 Å². The van der Waals surface area contributed by atoms with E-state index in [1.807, 2.05) is 0 Å². The van der Waals surface area contributed by atoms with Crippen LogP contribution < -0.4 is 0 Å². The highest BCUT2D eigenvalue weighted by Gasteiger charge is 2.13. The van der Waals surface area contributed by atoms with Gasteiger partial charge in [-0.2, -0.15) is 0 Å². The highest BCUT2D eigenvalue weighted by atomic mass is 15.0. The molecule has 50 heavy (non-hydrogen) atoms. The van der Waals surface area contributed by atoms with Crippen molar-refractivity contribution in [2.75, 3.05) is 0 Å². The van der Waals surface area contributed by atoms with Crippen LogP contribution in [0.25, 0.3) is 72.0 Å². The van der Waals surface area contributed by atoms with Crippen molar-refractivity contribution < 1.29 is 0 Å². The summed E-state index contributed by atoms with van der Waals surface area (Å²) in [5.41, 5.74) is 16.1. The van der Waals surface area contributed by atoms with Crippen molar-refractivity contribution in [1.82, 2.24) is 4.57 Å². The summed E-state index contributed by atoms with van der Waals surface area (Å²) in [4.78, 5) is 0. The van der Waals surface area contributed by atoms with Crippen molar-refractivity contribution in [3.8, 4) is 50.2 Å². The van der Waals surface area contributed by atoms with Gasteiger partial charge in [0, 0.05) is 16.5 Å². The first-order valence-corrected chi connectivity index (χ1v) is 17.3. The lowest BCUT2D eigenvalue weighted by Gasteiger charge is -2.10. The van der Waals surface area contributed by atoms with E-state index >= 15 is 0 Å². The lowest BCUT2D eigenvalue weighted by molar-refractivity contribution is 1.18. The largest absolute Gasteiger partial charge is 0.309 e. The molecule has 236 valence electrons. The van der Waals surface area contributed by atoms with Crippen molar-refractivity contribution in [3.63, 3.8) is 0 Å². The van der Waals surface area contributed by atoms with Crippen LogP contribution in [-0.2, 0) is 6.42 Å². The van der Waals surface area contributed by atoms with E-state index in [9.17, 15) is 0 Å². The van der Waals surface area contributed by atoms with Gasteiger partial charge in [-0.3, -0.25) is 0 Å². The van der Waals surface area contributed by atoms with Crippen LogP contribution in [0.5, 0.6) is 0 Å². The number of hydrogen-bond donors (Lipinski definition) is 0. The Hall–Kier alpha value is -6.44. The first kappa shape index (κ1) is 29.7. The van der Waals surface area contributed by atoms with E-state index < -0.39 is 0 Å². The number of benzene rings is 8. The fourth-order valence-corrected chi connectivity index (χ4v) is 7.28. The third-order valence-corrected chi connectivity index (χ3v) is 9.83. The van der Waals surface area contributed by atoms with Crippen molar-refractivity contribution in [2.45, 2.75) is 6.42 Å². The van der Waals surface area contributed by atoms with Gasteiger partial charge in [0.05, 0.1) is 11.0 Å². The van der Waals surface area contributed by atoms with Crippen molar-refractivity contribution in [3.05, 3.63) is 211 Å². The summed E-state index contributed by atoms with van der Waals surface area (Å²) >= 11 is 0. The van der Waals surface area contributed by atoms with E-state index in [1.54, 1.807) is 0 Å². The van der Waals surface area contributed by atoms with Gasteiger partial charge in [0.25, 0.3) is 0 Å². The van der Waals surface area contributed by atoms with Crippen molar-refractivity contribution >= 4 is 21.8 Å². The summed E-state index contributed by atoms with van der Waals surface area (Å²) in [6.45, 7) is 0. The third kappa shape index (κ3) is 5.70. The predicted molar refractivity (Wildman–Crippen MR) is 212 cm³/mol. The van der Waals surface area contributed by atoms with E-state index in [1.165, 1.54) is 83.1 Å². The standard InChI is InChI=1S/C49H35N/c1-3-12-37(13-4-1)38-23-21-35(22-24-38)31-36-11-9-14-41(32-36)43-16-10-15-42(33-43)39-25-27-40(28-26-39)44-29-30-49-47(34-44)46-19-7-8-20-48(46)50(49)45-17-5-2-6-18-45/h1-30,32-34H,31H2. The van der Waals surface area contributed by atoms with E-state index in [0.717, 1.165) is 6.42 Å². The number of hydrogen-bond acceptors (Lipinski definition) is 0. The molecular formula is C49H35N. The van der Waals surface area contributed by atoms with E-state index in [-0.39, 0.29) is 0 Å². The fourth-order valence-electron chi connectivity index (χ4n) is 7.28. The molecule has 9 rings (SSSR count). The summed E-state index contributed by atoms with van der Waals surface area (Å²) in [5.74, 6) is 0. The van der Waals surface area contributed by atoms with Crippen LogP contribution in [-0.4, -0.2) is 4.57 Å². The zero-order valence-electron chi connectivity index (χ0n) is 27.7. The molecule has 0 unspecified atom stereocenters. The highest BCUT2D eigenvalue weighted by Crippen LogP contribution is 2.36. The maximum atomic E-state index is 2.36. The second-order valence-electron chi connectivity index (χ2n) is 13.0. The van der Waals surface area contributed by atoms with Crippen LogP contribution in [0.3, 0.4) is 0 Å². The number of para-hydroxylation sites is 2. The van der Waals surface area contributed by atoms with Crippen LogP contribution in [0.1, 0.15) is 11.1 Å². The molecule has 1 heterocycles. The molecule has 0 amide bonds. The van der Waals surface area contributed by atoms with Crippen molar-refractivity contribution in [2.24, 2.45) is 0 Å². The molecule has 0 bridgehead atoms. The molecular weight excluding hydrogens is 603 g/mol. The molecule has 0 aliphatic rings. The Labute approximate surface area is 293 Å². The van der Waals surface area contributed by atoms with Crippen LogP contribution >= 0.6 is 0 Å². The smallest absolute Gasteiger partial charge is 0.0541 e. The second-order valence-corrected chi connectivity index (χ2v) is 13.0. The molecule has 0 saturated heterocycles. The molecule has 1 aromatic heterocycles. The van der Waals surface area contributed by atoms with Gasteiger partial charge in [-0.1, -0.05) is 164 Å². The molecule has 0 fully saturated rings. The van der Waals surface area contributed by atoms with Crippen LogP contribution in [0.2, 0.25) is 0 Å². The summed E-state index contributed by atoms with van der Waals surface area (Å²) in [7, 11) is 0. The Balaban J connectivity index is 0.969. The summed E-state index contributed by atoms with van der Waals surface area (Å²) in [6.07, 6.45) is 0.905. The second kappa shape index (κ2) is 12.9. The maximum Gasteiger partial charge on any atom is 0.0541 e. The lowest BCUT2D eigenvalue weighted by atomic mass is 9.95. The van der Waals surface area contributed by atoms with E-state index in [0.29, 0.717) is 0 Å². The SMILES string of the molecule is c1ccc(-c2ccc(Cc3cccc(-c4cccc(-c5ccc(-c6ccc7c(c6)c6ccccc6n7-c6ccccc6)cc5)c4)c3)cc2)cc1. The highest BCUT2D eigenvalue weighted by molar-refractivity contribution is 6.10. The third-order valence-electron chi connectivity index (χ3n) is 9.83. The molecule has 0 N–H and O–H groups in total. The Kier molecular flexibility index (Phi) is 7.64. The molecule has 1 heteroatoms. The zero-order valence-corrected chi connectivity index (χ0v) is 27.7. The lowest BCUT2D eigenvalue weighted by Crippen LogP contribution is -1.92. The zero-order chi connectivity index (χ0) is 33.3. The molecule has 0 spiro atoms. The monoisotopic (exact) mass is 637 g/mol. The van der Waals surface area contributed by atoms with Gasteiger partial charge in [0.15, 0.2) is 0 Å².